The highest BCUT2D eigenvalue weighted by Gasteiger charge is 2.15. The molecule has 0 aromatic heterocycles. The number of hydrogen-bond acceptors (Lipinski definition) is 6. The van der Waals surface area contributed by atoms with Gasteiger partial charge in [0.05, 0.1) is 17.8 Å². The summed E-state index contributed by atoms with van der Waals surface area (Å²) in [5.41, 5.74) is 1.73. The Hall–Kier alpha value is -2.31. The van der Waals surface area contributed by atoms with E-state index in [1.807, 2.05) is 4.89 Å². The number of rotatable bonds is 10. The zero-order valence-electron chi connectivity index (χ0n) is 16.9. The first-order chi connectivity index (χ1) is 14.0. The van der Waals surface area contributed by atoms with Gasteiger partial charge < -0.3 is 5.32 Å². The number of carbonyl (C=O) groups is 1. The molecule has 0 atom stereocenters. The van der Waals surface area contributed by atoms with Crippen LogP contribution >= 0.6 is 0 Å². The van der Waals surface area contributed by atoms with E-state index in [1.54, 1.807) is 38.1 Å². The van der Waals surface area contributed by atoms with Crippen molar-refractivity contribution in [1.82, 2.24) is 14.9 Å². The summed E-state index contributed by atoms with van der Waals surface area (Å²) in [6, 6.07) is 12.1. The molecule has 1 amide bonds. The highest BCUT2D eigenvalue weighted by molar-refractivity contribution is 7.89. The molecule has 3 N–H and O–H groups in total. The van der Waals surface area contributed by atoms with E-state index in [-0.39, 0.29) is 29.1 Å². The maximum absolute atomic E-state index is 12.3. The number of nitrogens with one attached hydrogen (secondary N) is 3. The second-order valence-electron chi connectivity index (χ2n) is 6.85. The molecule has 30 heavy (non-hydrogen) atoms. The van der Waals surface area contributed by atoms with E-state index in [1.165, 1.54) is 31.4 Å². The molecule has 2 rings (SSSR count). The van der Waals surface area contributed by atoms with Crippen LogP contribution < -0.4 is 14.9 Å². The Morgan fingerprint density at radius 1 is 0.933 bits per heavy atom. The Labute approximate surface area is 176 Å². The van der Waals surface area contributed by atoms with Gasteiger partial charge in [0.25, 0.3) is 15.9 Å². The van der Waals surface area contributed by atoms with Gasteiger partial charge in [0.1, 0.15) is 0 Å². The van der Waals surface area contributed by atoms with Crippen LogP contribution in [0.2, 0.25) is 0 Å². The molecule has 0 saturated heterocycles. The maximum Gasteiger partial charge on any atom is 0.262 e. The molecular formula is C19H25N3O6S2. The van der Waals surface area contributed by atoms with Crippen molar-refractivity contribution in [3.05, 3.63) is 65.2 Å². The monoisotopic (exact) mass is 455 g/mol. The van der Waals surface area contributed by atoms with Crippen molar-refractivity contribution in [1.29, 1.82) is 0 Å². The lowest BCUT2D eigenvalue weighted by Crippen LogP contribution is -2.31. The summed E-state index contributed by atoms with van der Waals surface area (Å²) >= 11 is 0. The van der Waals surface area contributed by atoms with Gasteiger partial charge in [-0.3, -0.25) is 9.63 Å². The molecule has 0 unspecified atom stereocenters. The number of hydrogen-bond donors (Lipinski definition) is 3. The summed E-state index contributed by atoms with van der Waals surface area (Å²) in [6.07, 6.45) is 0. The number of amides is 1. The second kappa shape index (κ2) is 10.1. The molecule has 0 heterocycles. The van der Waals surface area contributed by atoms with E-state index in [4.69, 9.17) is 0 Å². The predicted octanol–water partition coefficient (Wildman–Crippen LogP) is 1.28. The first-order valence-electron chi connectivity index (χ1n) is 9.03. The Morgan fingerprint density at radius 3 is 2.03 bits per heavy atom. The minimum absolute atomic E-state index is 0.0293. The van der Waals surface area contributed by atoms with E-state index < -0.39 is 20.0 Å². The summed E-state index contributed by atoms with van der Waals surface area (Å²) in [6.45, 7) is 3.75. The largest absolute Gasteiger partial charge is 0.348 e. The normalized spacial score (nSPS) is 12.1. The smallest absolute Gasteiger partial charge is 0.262 e. The highest BCUT2D eigenvalue weighted by atomic mass is 32.2. The van der Waals surface area contributed by atoms with Crippen LogP contribution in [0, 0.1) is 0 Å². The van der Waals surface area contributed by atoms with Gasteiger partial charge in [0.2, 0.25) is 10.0 Å². The number of sulfonamides is 2. The lowest BCUT2D eigenvalue weighted by molar-refractivity contribution is 0.0950. The average molecular weight is 456 g/mol. The minimum atomic E-state index is -3.78. The van der Waals surface area contributed by atoms with Gasteiger partial charge in [-0.25, -0.2) is 21.6 Å². The van der Waals surface area contributed by atoms with Crippen LogP contribution in [0.1, 0.15) is 35.3 Å². The van der Waals surface area contributed by atoms with Crippen LogP contribution in [0.25, 0.3) is 0 Å². The van der Waals surface area contributed by atoms with Gasteiger partial charge in [-0.15, -0.1) is 0 Å². The quantitative estimate of drug-likeness (QED) is 0.463. The van der Waals surface area contributed by atoms with Crippen molar-refractivity contribution in [3.8, 4) is 0 Å². The lowest BCUT2D eigenvalue weighted by Gasteiger charge is -2.10. The Kier molecular flexibility index (Phi) is 8.10. The summed E-state index contributed by atoms with van der Waals surface area (Å²) < 4.78 is 50.1. The zero-order chi connectivity index (χ0) is 22.4. The van der Waals surface area contributed by atoms with Gasteiger partial charge >= 0.3 is 0 Å². The lowest BCUT2D eigenvalue weighted by atomic mass is 10.1. The summed E-state index contributed by atoms with van der Waals surface area (Å²) in [4.78, 5) is 18.6. The van der Waals surface area contributed by atoms with Crippen molar-refractivity contribution in [2.45, 2.75) is 37.1 Å². The molecule has 11 heteroatoms. The zero-order valence-corrected chi connectivity index (χ0v) is 18.5. The van der Waals surface area contributed by atoms with E-state index >= 15 is 0 Å². The van der Waals surface area contributed by atoms with Crippen LogP contribution in [0.5, 0.6) is 0 Å². The van der Waals surface area contributed by atoms with Crippen LogP contribution in [0.3, 0.4) is 0 Å². The van der Waals surface area contributed by atoms with Crippen molar-refractivity contribution in [2.24, 2.45) is 0 Å². The van der Waals surface area contributed by atoms with Gasteiger partial charge in [-0.2, -0.15) is 0 Å². The molecule has 0 saturated carbocycles. The maximum atomic E-state index is 12.3. The Balaban J connectivity index is 1.95. The van der Waals surface area contributed by atoms with E-state index in [0.29, 0.717) is 11.1 Å². The van der Waals surface area contributed by atoms with Gasteiger partial charge in [-0.05, 0) is 49.2 Å². The Morgan fingerprint density at radius 2 is 1.50 bits per heavy atom. The number of carbonyl (C=O) groups excluding carboxylic acids is 1. The molecule has 0 radical (unpaired) electrons. The van der Waals surface area contributed by atoms with E-state index in [9.17, 15) is 21.6 Å². The molecule has 164 valence electrons. The first-order valence-corrected chi connectivity index (χ1v) is 12.2. The summed E-state index contributed by atoms with van der Waals surface area (Å²) in [5.74, 6) is -0.489. The van der Waals surface area contributed by atoms with Crippen molar-refractivity contribution >= 4 is 26.0 Å². The van der Waals surface area contributed by atoms with Crippen LogP contribution in [0.15, 0.2) is 53.4 Å². The molecule has 0 aliphatic carbocycles. The summed E-state index contributed by atoms with van der Waals surface area (Å²) in [7, 11) is -6.00. The summed E-state index contributed by atoms with van der Waals surface area (Å²) in [5, 5.41) is 2.73. The molecule has 0 bridgehead atoms. The molecule has 0 fully saturated rings. The fraction of sp³-hybridized carbons (Fsp3) is 0.316. The van der Waals surface area contributed by atoms with Crippen molar-refractivity contribution in [3.63, 3.8) is 0 Å². The average Bonchev–Trinajstić information content (AvgIpc) is 2.66. The molecule has 9 nitrogen and oxygen atoms in total. The van der Waals surface area contributed by atoms with Gasteiger partial charge in [0.15, 0.2) is 0 Å². The molecule has 0 aliphatic heterocycles. The molecule has 2 aromatic carbocycles. The molecule has 0 spiro atoms. The topological polar surface area (TPSA) is 131 Å². The third kappa shape index (κ3) is 7.18. The highest BCUT2D eigenvalue weighted by Crippen LogP contribution is 2.12. The molecule has 0 aliphatic rings. The molecule has 2 aromatic rings. The van der Waals surface area contributed by atoms with Crippen LogP contribution in [-0.4, -0.2) is 35.9 Å². The Bertz CT molecular complexity index is 1060. The third-order valence-electron chi connectivity index (χ3n) is 3.87. The van der Waals surface area contributed by atoms with E-state index in [2.05, 4.69) is 14.9 Å². The van der Waals surface area contributed by atoms with Crippen molar-refractivity contribution < 1.29 is 26.5 Å². The van der Waals surface area contributed by atoms with Crippen molar-refractivity contribution in [2.75, 3.05) is 7.11 Å². The van der Waals surface area contributed by atoms with Gasteiger partial charge in [0, 0.05) is 18.2 Å². The predicted molar refractivity (Wildman–Crippen MR) is 112 cm³/mol. The molecular weight excluding hydrogens is 430 g/mol. The SMILES string of the molecule is CONS(=O)(=O)c1ccc(C(=O)NCc2ccc(CS(=O)(=O)NC(C)C)cc2)cc1. The fourth-order valence-corrected chi connectivity index (χ4v) is 4.84. The first kappa shape index (κ1) is 24.0. The fourth-order valence-electron chi connectivity index (χ4n) is 2.60. The second-order valence-corrected chi connectivity index (χ2v) is 10.2. The van der Waals surface area contributed by atoms with Crippen LogP contribution in [-0.2, 0) is 37.2 Å². The third-order valence-corrected chi connectivity index (χ3v) is 6.69. The van der Waals surface area contributed by atoms with Gasteiger partial charge in [-0.1, -0.05) is 29.2 Å². The minimum Gasteiger partial charge on any atom is -0.348 e. The van der Waals surface area contributed by atoms with Crippen LogP contribution in [0.4, 0.5) is 0 Å². The van der Waals surface area contributed by atoms with E-state index in [0.717, 1.165) is 5.56 Å². The number of benzene rings is 2. The standard InChI is InChI=1S/C19H25N3O6S2/c1-14(2)21-29(24,25)13-16-6-4-15(5-7-16)12-20-19(23)17-8-10-18(11-9-17)30(26,27)22-28-3/h4-11,14,21-22H,12-13H2,1-3H3,(H,20,23).